The number of aromatic nitrogens is 2. The van der Waals surface area contributed by atoms with Crippen molar-refractivity contribution in [2.75, 3.05) is 0 Å². The maximum atomic E-state index is 6.06. The highest BCUT2D eigenvalue weighted by molar-refractivity contribution is 7.16. The molecule has 0 atom stereocenters. The molecule has 2 heterocycles. The summed E-state index contributed by atoms with van der Waals surface area (Å²) in [5.41, 5.74) is 4.90. The van der Waals surface area contributed by atoms with E-state index in [1.807, 2.05) is 29.8 Å². The lowest BCUT2D eigenvalue weighted by Gasteiger charge is -2.02. The maximum absolute atomic E-state index is 6.06. The van der Waals surface area contributed by atoms with Gasteiger partial charge in [0.05, 0.1) is 15.7 Å². The fourth-order valence-corrected chi connectivity index (χ4v) is 2.57. The summed E-state index contributed by atoms with van der Waals surface area (Å²) >= 11 is 7.69. The minimum absolute atomic E-state index is 0.534. The van der Waals surface area contributed by atoms with Gasteiger partial charge in [0.1, 0.15) is 5.15 Å². The zero-order chi connectivity index (χ0) is 11.0. The first kappa shape index (κ1) is 9.75. The topological polar surface area (TPSA) is 25.8 Å². The van der Waals surface area contributed by atoms with Gasteiger partial charge in [0.25, 0.3) is 0 Å². The molecule has 2 aromatic heterocycles. The number of benzene rings is 1. The third-order valence-electron chi connectivity index (χ3n) is 2.40. The second-order valence-corrected chi connectivity index (χ2v) is 4.62. The normalized spacial score (nSPS) is 10.8. The molecule has 0 N–H and O–H groups in total. The minimum Gasteiger partial charge on any atom is -0.245 e. The Morgan fingerprint density at radius 2 is 2.06 bits per heavy atom. The molecule has 2 nitrogen and oxygen atoms in total. The van der Waals surface area contributed by atoms with E-state index in [9.17, 15) is 0 Å². The maximum Gasteiger partial charge on any atom is 0.136 e. The molecule has 16 heavy (non-hydrogen) atoms. The summed E-state index contributed by atoms with van der Waals surface area (Å²) in [4.78, 5) is 8.32. The molecule has 0 saturated heterocycles. The Labute approximate surface area is 102 Å². The van der Waals surface area contributed by atoms with E-state index in [0.29, 0.717) is 5.15 Å². The van der Waals surface area contributed by atoms with Gasteiger partial charge in [-0.15, -0.1) is 11.3 Å². The molecule has 0 aliphatic carbocycles. The van der Waals surface area contributed by atoms with Gasteiger partial charge in [0.2, 0.25) is 0 Å². The first-order chi connectivity index (χ1) is 7.84. The SMILES string of the molecule is Clc1ncccc1-c1ccc2ncsc2c1. The first-order valence-corrected chi connectivity index (χ1v) is 6.04. The molecule has 3 aromatic rings. The van der Waals surface area contributed by atoms with Crippen LogP contribution in [0.15, 0.2) is 42.0 Å². The number of pyridine rings is 1. The van der Waals surface area contributed by atoms with E-state index in [2.05, 4.69) is 16.0 Å². The zero-order valence-corrected chi connectivity index (χ0v) is 9.79. The van der Waals surface area contributed by atoms with Gasteiger partial charge in [0, 0.05) is 11.8 Å². The van der Waals surface area contributed by atoms with E-state index in [0.717, 1.165) is 21.3 Å². The average molecular weight is 247 g/mol. The van der Waals surface area contributed by atoms with E-state index < -0.39 is 0 Å². The molecule has 0 bridgehead atoms. The summed E-state index contributed by atoms with van der Waals surface area (Å²) in [6, 6.07) is 9.97. The van der Waals surface area contributed by atoms with E-state index in [-0.39, 0.29) is 0 Å². The Bertz CT molecular complexity index is 648. The van der Waals surface area contributed by atoms with Crippen molar-refractivity contribution in [1.82, 2.24) is 9.97 Å². The summed E-state index contributed by atoms with van der Waals surface area (Å²) in [6.07, 6.45) is 1.69. The van der Waals surface area contributed by atoms with Gasteiger partial charge in [-0.1, -0.05) is 17.7 Å². The second-order valence-electron chi connectivity index (χ2n) is 3.38. The monoisotopic (exact) mass is 246 g/mol. The predicted molar refractivity (Wildman–Crippen MR) is 67.9 cm³/mol. The molecule has 0 radical (unpaired) electrons. The van der Waals surface area contributed by atoms with Crippen LogP contribution in [-0.4, -0.2) is 9.97 Å². The molecule has 0 fully saturated rings. The molecule has 1 aromatic carbocycles. The molecule has 0 aliphatic heterocycles. The molecule has 4 heteroatoms. The van der Waals surface area contributed by atoms with E-state index >= 15 is 0 Å². The van der Waals surface area contributed by atoms with Crippen LogP contribution in [0.3, 0.4) is 0 Å². The second kappa shape index (κ2) is 3.85. The van der Waals surface area contributed by atoms with Crippen molar-refractivity contribution in [3.63, 3.8) is 0 Å². The van der Waals surface area contributed by atoms with Crippen molar-refractivity contribution < 1.29 is 0 Å². The van der Waals surface area contributed by atoms with E-state index in [1.54, 1.807) is 17.5 Å². The van der Waals surface area contributed by atoms with E-state index in [1.165, 1.54) is 0 Å². The van der Waals surface area contributed by atoms with Crippen LogP contribution in [-0.2, 0) is 0 Å². The minimum atomic E-state index is 0.534. The van der Waals surface area contributed by atoms with Crippen LogP contribution < -0.4 is 0 Å². The molecule has 0 saturated carbocycles. The number of fused-ring (bicyclic) bond motifs is 1. The Kier molecular flexibility index (Phi) is 2.35. The summed E-state index contributed by atoms with van der Waals surface area (Å²) in [6.45, 7) is 0. The zero-order valence-electron chi connectivity index (χ0n) is 8.22. The average Bonchev–Trinajstić information content (AvgIpc) is 2.76. The summed E-state index contributed by atoms with van der Waals surface area (Å²) in [5, 5.41) is 0.534. The molecule has 0 aliphatic rings. The van der Waals surface area contributed by atoms with Crippen LogP contribution in [0.25, 0.3) is 21.3 Å². The third kappa shape index (κ3) is 1.58. The quantitative estimate of drug-likeness (QED) is 0.607. The van der Waals surface area contributed by atoms with Crippen molar-refractivity contribution in [2.45, 2.75) is 0 Å². The smallest absolute Gasteiger partial charge is 0.136 e. The van der Waals surface area contributed by atoms with Crippen LogP contribution in [0.4, 0.5) is 0 Å². The molecular weight excluding hydrogens is 240 g/mol. The highest BCUT2D eigenvalue weighted by Gasteiger charge is 2.05. The van der Waals surface area contributed by atoms with Crippen LogP contribution >= 0.6 is 22.9 Å². The van der Waals surface area contributed by atoms with Gasteiger partial charge in [-0.3, -0.25) is 0 Å². The number of thiazole rings is 1. The molecule has 0 spiro atoms. The standard InChI is InChI=1S/C12H7ClN2S/c13-12-9(2-1-5-14-12)8-3-4-10-11(6-8)16-7-15-10/h1-7H. The third-order valence-corrected chi connectivity index (χ3v) is 3.49. The van der Waals surface area contributed by atoms with Gasteiger partial charge in [-0.2, -0.15) is 0 Å². The van der Waals surface area contributed by atoms with Gasteiger partial charge in [-0.25, -0.2) is 9.97 Å². The van der Waals surface area contributed by atoms with E-state index in [4.69, 9.17) is 11.6 Å². The van der Waals surface area contributed by atoms with Crippen molar-refractivity contribution in [2.24, 2.45) is 0 Å². The van der Waals surface area contributed by atoms with Crippen molar-refractivity contribution in [3.05, 3.63) is 47.2 Å². The highest BCUT2D eigenvalue weighted by Crippen LogP contribution is 2.29. The predicted octanol–water partition coefficient (Wildman–Crippen LogP) is 4.01. The van der Waals surface area contributed by atoms with Crippen LogP contribution in [0.5, 0.6) is 0 Å². The lowest BCUT2D eigenvalue weighted by atomic mass is 10.1. The van der Waals surface area contributed by atoms with Gasteiger partial charge >= 0.3 is 0 Å². The Morgan fingerprint density at radius 1 is 1.12 bits per heavy atom. The highest BCUT2D eigenvalue weighted by atomic mass is 35.5. The van der Waals surface area contributed by atoms with Crippen LogP contribution in [0.1, 0.15) is 0 Å². The summed E-state index contributed by atoms with van der Waals surface area (Å²) in [5.74, 6) is 0. The first-order valence-electron chi connectivity index (χ1n) is 4.79. The lowest BCUT2D eigenvalue weighted by molar-refractivity contribution is 1.33. The number of rotatable bonds is 1. The fraction of sp³-hybridized carbons (Fsp3) is 0. The van der Waals surface area contributed by atoms with Crippen LogP contribution in [0.2, 0.25) is 5.15 Å². The van der Waals surface area contributed by atoms with Crippen molar-refractivity contribution in [1.29, 1.82) is 0 Å². The lowest BCUT2D eigenvalue weighted by Crippen LogP contribution is -1.81. The molecule has 3 rings (SSSR count). The molecular formula is C12H7ClN2S. The molecule has 0 amide bonds. The van der Waals surface area contributed by atoms with Crippen molar-refractivity contribution >= 4 is 33.2 Å². The Morgan fingerprint density at radius 3 is 2.94 bits per heavy atom. The number of halogens is 1. The van der Waals surface area contributed by atoms with Gasteiger partial charge in [-0.05, 0) is 29.8 Å². The van der Waals surface area contributed by atoms with Gasteiger partial charge < -0.3 is 0 Å². The molecule has 0 unspecified atom stereocenters. The number of hydrogen-bond donors (Lipinski definition) is 0. The number of hydrogen-bond acceptors (Lipinski definition) is 3. The van der Waals surface area contributed by atoms with Crippen LogP contribution in [0, 0.1) is 0 Å². The Balaban J connectivity index is 2.22. The van der Waals surface area contributed by atoms with Gasteiger partial charge in [0.15, 0.2) is 0 Å². The fourth-order valence-electron chi connectivity index (χ4n) is 1.62. The summed E-state index contributed by atoms with van der Waals surface area (Å²) in [7, 11) is 0. The largest absolute Gasteiger partial charge is 0.245 e. The van der Waals surface area contributed by atoms with Crippen molar-refractivity contribution in [3.8, 4) is 11.1 Å². The number of nitrogens with zero attached hydrogens (tertiary/aromatic N) is 2. The molecule has 78 valence electrons. The Hall–Kier alpha value is -1.45. The summed E-state index contributed by atoms with van der Waals surface area (Å²) < 4.78 is 1.16.